The largest absolute Gasteiger partial charge is 0.353 e. The van der Waals surface area contributed by atoms with Crippen molar-refractivity contribution >= 4 is 5.91 Å². The van der Waals surface area contributed by atoms with E-state index in [0.717, 1.165) is 12.8 Å². The van der Waals surface area contributed by atoms with Gasteiger partial charge in [0, 0.05) is 23.3 Å². The Morgan fingerprint density at radius 1 is 1.19 bits per heavy atom. The summed E-state index contributed by atoms with van der Waals surface area (Å²) in [4.78, 5) is 11.5. The van der Waals surface area contributed by atoms with Crippen LogP contribution in [0, 0.1) is 22.7 Å². The zero-order chi connectivity index (χ0) is 12.4. The maximum Gasteiger partial charge on any atom is 0.219 e. The minimum absolute atomic E-state index is 0.000538. The third-order valence-corrected chi connectivity index (χ3v) is 2.94. The highest BCUT2D eigenvalue weighted by molar-refractivity contribution is 5.75. The Morgan fingerprint density at radius 3 is 2.00 bits per heavy atom. The van der Waals surface area contributed by atoms with Crippen LogP contribution in [0.3, 0.4) is 0 Å². The Bertz CT molecular complexity index is 308. The van der Waals surface area contributed by atoms with Crippen molar-refractivity contribution in [1.82, 2.24) is 5.32 Å². The summed E-state index contributed by atoms with van der Waals surface area (Å²) in [5, 5.41) is 3.10. The molecule has 0 saturated carbocycles. The number of carbonyl (C=O) groups is 1. The van der Waals surface area contributed by atoms with Crippen LogP contribution in [0.25, 0.3) is 0 Å². The third-order valence-electron chi connectivity index (χ3n) is 2.94. The molecule has 2 heteroatoms. The number of amides is 1. The normalized spacial score (nSPS) is 22.8. The van der Waals surface area contributed by atoms with Crippen molar-refractivity contribution in [3.63, 3.8) is 0 Å². The summed E-state index contributed by atoms with van der Waals surface area (Å²) in [6.07, 6.45) is 2.43. The van der Waals surface area contributed by atoms with Crippen molar-refractivity contribution in [2.45, 2.75) is 59.9 Å². The predicted octanol–water partition coefficient (Wildman–Crippen LogP) is 2.73. The van der Waals surface area contributed by atoms with Crippen LogP contribution in [-0.4, -0.2) is 11.9 Å². The van der Waals surface area contributed by atoms with Crippen molar-refractivity contribution in [1.29, 1.82) is 0 Å². The summed E-state index contributed by atoms with van der Waals surface area (Å²) in [7, 11) is 0. The topological polar surface area (TPSA) is 29.1 Å². The van der Waals surface area contributed by atoms with Crippen LogP contribution in [0.1, 0.15) is 53.9 Å². The molecule has 1 N–H and O–H groups in total. The molecule has 0 bridgehead atoms. The van der Waals surface area contributed by atoms with Gasteiger partial charge in [-0.2, -0.15) is 0 Å². The lowest BCUT2D eigenvalue weighted by atomic mass is 9.84. The maximum atomic E-state index is 11.5. The Kier molecular flexibility index (Phi) is 3.68. The van der Waals surface area contributed by atoms with Crippen LogP contribution in [0.2, 0.25) is 0 Å². The van der Waals surface area contributed by atoms with Crippen molar-refractivity contribution in [2.75, 3.05) is 0 Å². The van der Waals surface area contributed by atoms with Crippen molar-refractivity contribution in [2.24, 2.45) is 10.8 Å². The van der Waals surface area contributed by atoms with Gasteiger partial charge in [-0.1, -0.05) is 18.8 Å². The average Bonchev–Trinajstić information content (AvgIpc) is 2.22. The smallest absolute Gasteiger partial charge is 0.219 e. The van der Waals surface area contributed by atoms with E-state index in [1.165, 1.54) is 0 Å². The molecule has 0 atom stereocenters. The summed E-state index contributed by atoms with van der Waals surface area (Å²) < 4.78 is 0. The van der Waals surface area contributed by atoms with E-state index in [-0.39, 0.29) is 22.8 Å². The number of rotatable bonds is 2. The fraction of sp³-hybridized carbons (Fsp3) is 0.786. The van der Waals surface area contributed by atoms with Crippen molar-refractivity contribution < 1.29 is 4.79 Å². The maximum absolute atomic E-state index is 11.5. The summed E-state index contributed by atoms with van der Waals surface area (Å²) in [6.45, 7) is 10.5. The standard InChI is InChI=1S/C14H23NO/c1-6-12(16)15-11-9-13(2,3)7-8-14(4,5)10-11/h11H,6,9-10H2,1-5H3,(H,15,16). The van der Waals surface area contributed by atoms with Gasteiger partial charge in [0.15, 0.2) is 0 Å². The van der Waals surface area contributed by atoms with E-state index in [0.29, 0.717) is 6.42 Å². The second-order valence-electron chi connectivity index (χ2n) is 6.04. The molecular weight excluding hydrogens is 198 g/mol. The van der Waals surface area contributed by atoms with E-state index in [9.17, 15) is 4.79 Å². The van der Waals surface area contributed by atoms with E-state index in [1.54, 1.807) is 0 Å². The Labute approximate surface area is 99.2 Å². The fourth-order valence-electron chi connectivity index (χ4n) is 2.18. The lowest BCUT2D eigenvalue weighted by Gasteiger charge is -2.27. The molecule has 0 radical (unpaired) electrons. The molecule has 0 aromatic rings. The van der Waals surface area contributed by atoms with Gasteiger partial charge in [0.05, 0.1) is 0 Å². The van der Waals surface area contributed by atoms with Gasteiger partial charge in [0.2, 0.25) is 5.91 Å². The highest BCUT2D eigenvalue weighted by Gasteiger charge is 2.30. The van der Waals surface area contributed by atoms with Crippen LogP contribution < -0.4 is 5.32 Å². The Morgan fingerprint density at radius 2 is 1.62 bits per heavy atom. The zero-order valence-corrected chi connectivity index (χ0v) is 11.1. The molecule has 1 rings (SSSR count). The molecule has 0 saturated heterocycles. The first-order valence-corrected chi connectivity index (χ1v) is 6.08. The molecule has 0 aromatic carbocycles. The minimum atomic E-state index is -0.000538. The summed E-state index contributed by atoms with van der Waals surface area (Å²) in [5.41, 5.74) is -0.00108. The van der Waals surface area contributed by atoms with Crippen LogP contribution in [0.5, 0.6) is 0 Å². The van der Waals surface area contributed by atoms with Crippen LogP contribution in [0.4, 0.5) is 0 Å². The van der Waals surface area contributed by atoms with Crippen LogP contribution >= 0.6 is 0 Å². The Balaban J connectivity index is 2.78. The molecule has 0 aliphatic heterocycles. The summed E-state index contributed by atoms with van der Waals surface area (Å²) in [5.74, 6) is 6.80. The van der Waals surface area contributed by atoms with Crippen molar-refractivity contribution in [3.8, 4) is 11.8 Å². The molecule has 1 aliphatic rings. The summed E-state index contributed by atoms with van der Waals surface area (Å²) in [6, 6.07) is 0.236. The first-order chi connectivity index (χ1) is 7.24. The number of nitrogens with one attached hydrogen (secondary N) is 1. The molecule has 1 aliphatic carbocycles. The van der Waals surface area contributed by atoms with Gasteiger partial charge in [0.1, 0.15) is 0 Å². The van der Waals surface area contributed by atoms with Crippen LogP contribution in [-0.2, 0) is 4.79 Å². The second kappa shape index (κ2) is 4.49. The van der Waals surface area contributed by atoms with Gasteiger partial charge >= 0.3 is 0 Å². The van der Waals surface area contributed by atoms with Gasteiger partial charge in [0.25, 0.3) is 0 Å². The number of hydrogen-bond acceptors (Lipinski definition) is 1. The third kappa shape index (κ3) is 3.89. The van der Waals surface area contributed by atoms with E-state index in [2.05, 4.69) is 44.9 Å². The highest BCUT2D eigenvalue weighted by Crippen LogP contribution is 2.32. The van der Waals surface area contributed by atoms with E-state index >= 15 is 0 Å². The molecule has 0 heterocycles. The molecule has 16 heavy (non-hydrogen) atoms. The fourth-order valence-corrected chi connectivity index (χ4v) is 2.18. The molecule has 0 aromatic heterocycles. The van der Waals surface area contributed by atoms with E-state index < -0.39 is 0 Å². The lowest BCUT2D eigenvalue weighted by molar-refractivity contribution is -0.121. The molecule has 0 fully saturated rings. The SMILES string of the molecule is CCC(=O)NC1CC(C)(C)C#CC(C)(C)C1. The molecule has 90 valence electrons. The molecule has 1 amide bonds. The van der Waals surface area contributed by atoms with Crippen LogP contribution in [0.15, 0.2) is 0 Å². The molecular formula is C14H23NO. The molecule has 0 unspecified atom stereocenters. The van der Waals surface area contributed by atoms with Gasteiger partial charge in [-0.25, -0.2) is 0 Å². The minimum Gasteiger partial charge on any atom is -0.353 e. The molecule has 2 nitrogen and oxygen atoms in total. The second-order valence-corrected chi connectivity index (χ2v) is 6.04. The van der Waals surface area contributed by atoms with E-state index in [1.807, 2.05) is 6.92 Å². The molecule has 0 spiro atoms. The average molecular weight is 221 g/mol. The number of hydrogen-bond donors (Lipinski definition) is 1. The van der Waals surface area contributed by atoms with Gasteiger partial charge < -0.3 is 5.32 Å². The highest BCUT2D eigenvalue weighted by atomic mass is 16.1. The Hall–Kier alpha value is -0.970. The monoisotopic (exact) mass is 221 g/mol. The first-order valence-electron chi connectivity index (χ1n) is 6.08. The van der Waals surface area contributed by atoms with Gasteiger partial charge in [-0.15, -0.1) is 0 Å². The predicted molar refractivity (Wildman–Crippen MR) is 66.8 cm³/mol. The van der Waals surface area contributed by atoms with E-state index in [4.69, 9.17) is 0 Å². The van der Waals surface area contributed by atoms with Gasteiger partial charge in [-0.3, -0.25) is 4.79 Å². The lowest BCUT2D eigenvalue weighted by Crippen LogP contribution is -2.39. The zero-order valence-electron chi connectivity index (χ0n) is 11.1. The van der Waals surface area contributed by atoms with Gasteiger partial charge in [-0.05, 0) is 40.5 Å². The summed E-state index contributed by atoms with van der Waals surface area (Å²) >= 11 is 0. The quantitative estimate of drug-likeness (QED) is 0.714. The number of carbonyl (C=O) groups excluding carboxylic acids is 1. The first kappa shape index (κ1) is 13.1. The van der Waals surface area contributed by atoms with Crippen molar-refractivity contribution in [3.05, 3.63) is 0 Å².